The summed E-state index contributed by atoms with van der Waals surface area (Å²) in [5.41, 5.74) is 1.11. The molecule has 0 aliphatic carbocycles. The molecule has 0 spiro atoms. The van der Waals surface area contributed by atoms with Gasteiger partial charge >= 0.3 is 0 Å². The van der Waals surface area contributed by atoms with Gasteiger partial charge in [-0.15, -0.1) is 11.8 Å². The minimum absolute atomic E-state index is 0.755. The van der Waals surface area contributed by atoms with Gasteiger partial charge in [-0.1, -0.05) is 6.07 Å². The Hall–Kier alpha value is -0.540. The Bertz CT molecular complexity index is 295. The molecule has 1 saturated heterocycles. The quantitative estimate of drug-likeness (QED) is 0.807. The van der Waals surface area contributed by atoms with Gasteiger partial charge < -0.3 is 5.32 Å². The minimum Gasteiger partial charge on any atom is -0.317 e. The summed E-state index contributed by atoms with van der Waals surface area (Å²) in [4.78, 5) is 4.51. The number of pyridine rings is 1. The summed E-state index contributed by atoms with van der Waals surface area (Å²) in [5.74, 6) is 0. The van der Waals surface area contributed by atoms with E-state index in [4.69, 9.17) is 0 Å². The fourth-order valence-electron chi connectivity index (χ4n) is 1.67. The largest absolute Gasteiger partial charge is 0.317 e. The van der Waals surface area contributed by atoms with Crippen molar-refractivity contribution >= 4 is 11.8 Å². The first-order valence-corrected chi connectivity index (χ1v) is 6.03. The molecule has 2 rings (SSSR count). The highest BCUT2D eigenvalue weighted by Crippen LogP contribution is 2.26. The number of hydrogen-bond acceptors (Lipinski definition) is 3. The number of aryl methyl sites for hydroxylation is 1. The third-order valence-electron chi connectivity index (χ3n) is 2.44. The number of nitrogens with zero attached hydrogens (tertiary/aromatic N) is 1. The van der Waals surface area contributed by atoms with Crippen molar-refractivity contribution in [1.82, 2.24) is 10.3 Å². The molecule has 76 valence electrons. The highest BCUT2D eigenvalue weighted by atomic mass is 32.2. The molecule has 1 aliphatic rings. The van der Waals surface area contributed by atoms with Crippen molar-refractivity contribution in [3.8, 4) is 0 Å². The maximum absolute atomic E-state index is 4.51. The molecule has 0 radical (unpaired) electrons. The zero-order chi connectivity index (χ0) is 9.80. The molecule has 0 amide bonds. The van der Waals surface area contributed by atoms with Crippen LogP contribution in [0.3, 0.4) is 0 Å². The van der Waals surface area contributed by atoms with E-state index < -0.39 is 0 Å². The molecule has 2 heterocycles. The van der Waals surface area contributed by atoms with Gasteiger partial charge in [-0.05, 0) is 45.0 Å². The lowest BCUT2D eigenvalue weighted by Gasteiger charge is -2.21. The molecule has 1 aromatic rings. The molecule has 1 N–H and O–H groups in total. The Labute approximate surface area is 89.5 Å². The predicted molar refractivity (Wildman–Crippen MR) is 60.7 cm³/mol. The van der Waals surface area contributed by atoms with Gasteiger partial charge in [0.1, 0.15) is 0 Å². The zero-order valence-corrected chi connectivity index (χ0v) is 9.31. The van der Waals surface area contributed by atoms with E-state index in [1.807, 2.05) is 24.8 Å². The fraction of sp³-hybridized carbons (Fsp3) is 0.545. The molecule has 1 aromatic heterocycles. The molecule has 0 unspecified atom stereocenters. The van der Waals surface area contributed by atoms with Crippen LogP contribution in [0.5, 0.6) is 0 Å². The van der Waals surface area contributed by atoms with Gasteiger partial charge in [0.25, 0.3) is 0 Å². The summed E-state index contributed by atoms with van der Waals surface area (Å²) in [6.07, 6.45) is 2.53. The van der Waals surface area contributed by atoms with E-state index in [0.717, 1.165) is 24.0 Å². The highest BCUT2D eigenvalue weighted by Gasteiger charge is 2.14. The van der Waals surface area contributed by atoms with Crippen LogP contribution in [0.4, 0.5) is 0 Å². The van der Waals surface area contributed by atoms with Crippen LogP contribution in [0.25, 0.3) is 0 Å². The van der Waals surface area contributed by atoms with Crippen molar-refractivity contribution in [2.45, 2.75) is 30.0 Å². The molecule has 0 saturated carbocycles. The van der Waals surface area contributed by atoms with Crippen LogP contribution in [0.15, 0.2) is 23.2 Å². The van der Waals surface area contributed by atoms with E-state index in [1.165, 1.54) is 17.9 Å². The molecule has 0 aromatic carbocycles. The van der Waals surface area contributed by atoms with Crippen molar-refractivity contribution < 1.29 is 0 Å². The summed E-state index contributed by atoms with van der Waals surface area (Å²) in [6.45, 7) is 4.36. The maximum Gasteiger partial charge on any atom is 0.0965 e. The molecule has 14 heavy (non-hydrogen) atoms. The predicted octanol–water partition coefficient (Wildman–Crippen LogP) is 2.23. The highest BCUT2D eigenvalue weighted by molar-refractivity contribution is 7.99. The number of hydrogen-bond donors (Lipinski definition) is 1. The Kier molecular flexibility index (Phi) is 3.43. The van der Waals surface area contributed by atoms with Crippen LogP contribution >= 0.6 is 11.8 Å². The van der Waals surface area contributed by atoms with E-state index in [0.29, 0.717) is 0 Å². The van der Waals surface area contributed by atoms with E-state index in [9.17, 15) is 0 Å². The van der Waals surface area contributed by atoms with Gasteiger partial charge in [-0.2, -0.15) is 0 Å². The van der Waals surface area contributed by atoms with Crippen LogP contribution in [-0.4, -0.2) is 23.3 Å². The molecule has 2 nitrogen and oxygen atoms in total. The second kappa shape index (κ2) is 4.80. The van der Waals surface area contributed by atoms with E-state index >= 15 is 0 Å². The Morgan fingerprint density at radius 3 is 2.86 bits per heavy atom. The number of rotatable bonds is 2. The van der Waals surface area contributed by atoms with Crippen LogP contribution in [0, 0.1) is 6.92 Å². The van der Waals surface area contributed by atoms with Crippen LogP contribution in [0.1, 0.15) is 18.5 Å². The summed E-state index contributed by atoms with van der Waals surface area (Å²) < 4.78 is 0. The van der Waals surface area contributed by atoms with Gasteiger partial charge in [0.15, 0.2) is 0 Å². The summed E-state index contributed by atoms with van der Waals surface area (Å²) in [6, 6.07) is 6.25. The van der Waals surface area contributed by atoms with Crippen molar-refractivity contribution in [2.75, 3.05) is 13.1 Å². The van der Waals surface area contributed by atoms with Crippen molar-refractivity contribution in [3.05, 3.63) is 23.9 Å². The molecule has 1 fully saturated rings. The molecular formula is C11H16N2S. The monoisotopic (exact) mass is 208 g/mol. The lowest BCUT2D eigenvalue weighted by Crippen LogP contribution is -2.29. The zero-order valence-electron chi connectivity index (χ0n) is 8.49. The second-order valence-electron chi connectivity index (χ2n) is 3.68. The first kappa shape index (κ1) is 9.99. The smallest absolute Gasteiger partial charge is 0.0965 e. The number of aromatic nitrogens is 1. The number of thioether (sulfide) groups is 1. The Balaban J connectivity index is 1.95. The lowest BCUT2D eigenvalue weighted by atomic mass is 10.2. The SMILES string of the molecule is Cc1cccc(SC2CCNCC2)n1. The summed E-state index contributed by atoms with van der Waals surface area (Å²) in [7, 11) is 0. The minimum atomic E-state index is 0.755. The van der Waals surface area contributed by atoms with Gasteiger partial charge in [-0.3, -0.25) is 0 Å². The lowest BCUT2D eigenvalue weighted by molar-refractivity contribution is 0.531. The van der Waals surface area contributed by atoms with E-state index in [-0.39, 0.29) is 0 Å². The normalized spacial score (nSPS) is 18.4. The van der Waals surface area contributed by atoms with Crippen molar-refractivity contribution in [1.29, 1.82) is 0 Å². The first-order chi connectivity index (χ1) is 6.84. The number of piperidine rings is 1. The first-order valence-electron chi connectivity index (χ1n) is 5.15. The second-order valence-corrected chi connectivity index (χ2v) is 5.01. The van der Waals surface area contributed by atoms with Crippen LogP contribution in [0.2, 0.25) is 0 Å². The third-order valence-corrected chi connectivity index (χ3v) is 3.71. The van der Waals surface area contributed by atoms with Crippen LogP contribution < -0.4 is 5.32 Å². The van der Waals surface area contributed by atoms with Crippen molar-refractivity contribution in [2.24, 2.45) is 0 Å². The maximum atomic E-state index is 4.51. The van der Waals surface area contributed by atoms with Gasteiger partial charge in [0.2, 0.25) is 0 Å². The average molecular weight is 208 g/mol. The Morgan fingerprint density at radius 2 is 2.14 bits per heavy atom. The Morgan fingerprint density at radius 1 is 1.36 bits per heavy atom. The molecular weight excluding hydrogens is 192 g/mol. The molecule has 3 heteroatoms. The number of nitrogens with one attached hydrogen (secondary N) is 1. The molecule has 1 aliphatic heterocycles. The van der Waals surface area contributed by atoms with Gasteiger partial charge in [-0.25, -0.2) is 4.98 Å². The standard InChI is InChI=1S/C11H16N2S/c1-9-3-2-4-11(13-9)14-10-5-7-12-8-6-10/h2-4,10,12H,5-8H2,1H3. The summed E-state index contributed by atoms with van der Waals surface area (Å²) in [5, 5.41) is 5.31. The third kappa shape index (κ3) is 2.72. The van der Waals surface area contributed by atoms with Crippen LogP contribution in [-0.2, 0) is 0 Å². The van der Waals surface area contributed by atoms with Gasteiger partial charge in [0, 0.05) is 10.9 Å². The average Bonchev–Trinajstić information content (AvgIpc) is 2.19. The fourth-order valence-corrected chi connectivity index (χ4v) is 2.83. The van der Waals surface area contributed by atoms with Crippen molar-refractivity contribution in [3.63, 3.8) is 0 Å². The molecule has 0 atom stereocenters. The summed E-state index contributed by atoms with van der Waals surface area (Å²) >= 11 is 1.93. The topological polar surface area (TPSA) is 24.9 Å². The molecule has 0 bridgehead atoms. The van der Waals surface area contributed by atoms with Gasteiger partial charge in [0.05, 0.1) is 5.03 Å². The van der Waals surface area contributed by atoms with E-state index in [1.54, 1.807) is 0 Å². The van der Waals surface area contributed by atoms with E-state index in [2.05, 4.69) is 22.4 Å².